The van der Waals surface area contributed by atoms with Gasteiger partial charge in [0.2, 0.25) is 5.91 Å². The molecule has 32 heavy (non-hydrogen) atoms. The molecule has 0 aliphatic carbocycles. The summed E-state index contributed by atoms with van der Waals surface area (Å²) in [7, 11) is 2.99. The van der Waals surface area contributed by atoms with Gasteiger partial charge in [-0.2, -0.15) is 0 Å². The number of nitrogens with one attached hydrogen (secondary N) is 3. The molecular formula is C19H18BrN5O6S. The number of carbonyl (C=O) groups is 2. The van der Waals surface area contributed by atoms with Gasteiger partial charge in [0, 0.05) is 6.07 Å². The maximum absolute atomic E-state index is 12.3. The molecule has 0 saturated carbocycles. The van der Waals surface area contributed by atoms with Gasteiger partial charge in [-0.1, -0.05) is 11.8 Å². The monoisotopic (exact) mass is 523 g/mol. The van der Waals surface area contributed by atoms with Crippen molar-refractivity contribution in [3.63, 3.8) is 0 Å². The number of nitrogens with two attached hydrogens (primary N) is 1. The maximum Gasteiger partial charge on any atom is 0.291 e. The van der Waals surface area contributed by atoms with Crippen LogP contribution in [0.3, 0.4) is 0 Å². The minimum Gasteiger partial charge on any atom is -0.497 e. The largest absolute Gasteiger partial charge is 0.497 e. The van der Waals surface area contributed by atoms with E-state index in [-0.39, 0.29) is 34.1 Å². The van der Waals surface area contributed by atoms with E-state index in [0.717, 1.165) is 11.8 Å². The first-order valence-electron chi connectivity index (χ1n) is 8.92. The number of methoxy groups -OCH3 is 2. The standard InChI is InChI=1S/C19H18BrN5O6S/c1-29-9-3-4-11(30-2)10(7-9)22-14(26)8-32-19-24-16(21)15(18(28)25-19)23-17(27)12-5-6-13(20)31-12/h3-7H,8H2,1-2H3,(H,22,26)(H,23,27)(H3,21,24,25,28). The fourth-order valence-electron chi connectivity index (χ4n) is 2.50. The number of carbonyl (C=O) groups excluding carboxylic acids is 2. The molecule has 2 aromatic heterocycles. The Morgan fingerprint density at radius 1 is 1.22 bits per heavy atom. The number of hydrogen-bond acceptors (Lipinski definition) is 9. The number of furan rings is 1. The highest BCUT2D eigenvalue weighted by Gasteiger charge is 2.17. The molecule has 0 spiro atoms. The van der Waals surface area contributed by atoms with Crippen LogP contribution < -0.4 is 31.4 Å². The maximum atomic E-state index is 12.3. The van der Waals surface area contributed by atoms with Crippen LogP contribution in [-0.4, -0.2) is 41.8 Å². The Hall–Kier alpha value is -3.45. The minimum absolute atomic E-state index is 0.0150. The van der Waals surface area contributed by atoms with Gasteiger partial charge in [0.15, 0.2) is 27.1 Å². The smallest absolute Gasteiger partial charge is 0.291 e. The SMILES string of the molecule is COc1ccc(OC)c(NC(=O)CSc2nc(N)c(NC(=O)c3ccc(Br)o3)c(=O)[nH]2)c1. The Labute approximate surface area is 194 Å². The number of anilines is 3. The zero-order chi connectivity index (χ0) is 23.3. The third kappa shape index (κ3) is 5.62. The molecule has 13 heteroatoms. The number of amides is 2. The zero-order valence-electron chi connectivity index (χ0n) is 16.9. The highest BCUT2D eigenvalue weighted by Crippen LogP contribution is 2.29. The van der Waals surface area contributed by atoms with Crippen molar-refractivity contribution in [3.8, 4) is 11.5 Å². The van der Waals surface area contributed by atoms with E-state index in [0.29, 0.717) is 21.9 Å². The molecule has 5 N–H and O–H groups in total. The van der Waals surface area contributed by atoms with Crippen molar-refractivity contribution in [3.05, 3.63) is 51.1 Å². The first-order chi connectivity index (χ1) is 15.3. The quantitative estimate of drug-likeness (QED) is 0.256. The van der Waals surface area contributed by atoms with E-state index in [1.54, 1.807) is 18.2 Å². The second-order valence-electron chi connectivity index (χ2n) is 6.09. The van der Waals surface area contributed by atoms with Crippen LogP contribution in [0.1, 0.15) is 10.6 Å². The summed E-state index contributed by atoms with van der Waals surface area (Å²) in [4.78, 5) is 43.4. The summed E-state index contributed by atoms with van der Waals surface area (Å²) >= 11 is 4.05. The lowest BCUT2D eigenvalue weighted by atomic mass is 10.2. The summed E-state index contributed by atoms with van der Waals surface area (Å²) in [5.74, 6) is -0.320. The van der Waals surface area contributed by atoms with Crippen molar-refractivity contribution in [2.75, 3.05) is 36.3 Å². The van der Waals surface area contributed by atoms with E-state index in [2.05, 4.69) is 36.5 Å². The summed E-state index contributed by atoms with van der Waals surface area (Å²) in [6, 6.07) is 7.94. The second-order valence-corrected chi connectivity index (χ2v) is 7.84. The normalized spacial score (nSPS) is 10.5. The first-order valence-corrected chi connectivity index (χ1v) is 10.7. The molecular weight excluding hydrogens is 506 g/mol. The molecule has 0 atom stereocenters. The highest BCUT2D eigenvalue weighted by atomic mass is 79.9. The number of hydrogen-bond donors (Lipinski definition) is 4. The molecule has 0 aliphatic heterocycles. The topological polar surface area (TPSA) is 162 Å². The third-order valence-electron chi connectivity index (χ3n) is 3.98. The highest BCUT2D eigenvalue weighted by molar-refractivity contribution is 9.10. The van der Waals surface area contributed by atoms with Crippen LogP contribution in [0, 0.1) is 0 Å². The molecule has 3 rings (SSSR count). The number of aromatic amines is 1. The molecule has 0 aliphatic rings. The fraction of sp³-hybridized carbons (Fsp3) is 0.158. The molecule has 1 aromatic carbocycles. The van der Waals surface area contributed by atoms with Gasteiger partial charge < -0.3 is 30.3 Å². The molecule has 11 nitrogen and oxygen atoms in total. The molecule has 0 radical (unpaired) electrons. The van der Waals surface area contributed by atoms with Gasteiger partial charge in [-0.25, -0.2) is 4.98 Å². The third-order valence-corrected chi connectivity index (χ3v) is 5.28. The number of ether oxygens (including phenoxy) is 2. The van der Waals surface area contributed by atoms with Crippen LogP contribution in [-0.2, 0) is 4.79 Å². The van der Waals surface area contributed by atoms with Crippen molar-refractivity contribution in [2.24, 2.45) is 0 Å². The average molecular weight is 524 g/mol. The number of aromatic nitrogens is 2. The van der Waals surface area contributed by atoms with E-state index in [4.69, 9.17) is 19.6 Å². The molecule has 0 fully saturated rings. The summed E-state index contributed by atoms with van der Waals surface area (Å²) < 4.78 is 15.9. The van der Waals surface area contributed by atoms with Crippen LogP contribution in [0.2, 0.25) is 0 Å². The van der Waals surface area contributed by atoms with Crippen molar-refractivity contribution in [1.29, 1.82) is 0 Å². The van der Waals surface area contributed by atoms with E-state index < -0.39 is 11.5 Å². The van der Waals surface area contributed by atoms with Gasteiger partial charge in [-0.05, 0) is 40.2 Å². The summed E-state index contributed by atoms with van der Waals surface area (Å²) in [5.41, 5.74) is 5.36. The number of thioether (sulfide) groups is 1. The van der Waals surface area contributed by atoms with Crippen molar-refractivity contribution in [2.45, 2.75) is 5.16 Å². The first kappa shape index (κ1) is 23.2. The van der Waals surface area contributed by atoms with Crippen molar-refractivity contribution < 1.29 is 23.5 Å². The van der Waals surface area contributed by atoms with E-state index >= 15 is 0 Å². The lowest BCUT2D eigenvalue weighted by molar-refractivity contribution is -0.113. The Balaban J connectivity index is 1.65. The summed E-state index contributed by atoms with van der Waals surface area (Å²) in [5, 5.41) is 5.17. The average Bonchev–Trinajstić information content (AvgIpc) is 3.21. The van der Waals surface area contributed by atoms with Crippen LogP contribution in [0.15, 0.2) is 49.4 Å². The molecule has 0 saturated heterocycles. The summed E-state index contributed by atoms with van der Waals surface area (Å²) in [6.07, 6.45) is 0. The Morgan fingerprint density at radius 3 is 2.62 bits per heavy atom. The van der Waals surface area contributed by atoms with E-state index in [1.807, 2.05) is 0 Å². The van der Waals surface area contributed by atoms with Crippen LogP contribution >= 0.6 is 27.7 Å². The molecule has 168 valence electrons. The number of nitrogen functional groups attached to an aromatic ring is 1. The molecule has 3 aromatic rings. The fourth-order valence-corrected chi connectivity index (χ4v) is 3.48. The van der Waals surface area contributed by atoms with Crippen LogP contribution in [0.25, 0.3) is 0 Å². The van der Waals surface area contributed by atoms with E-state index in [9.17, 15) is 14.4 Å². The number of benzene rings is 1. The van der Waals surface area contributed by atoms with Crippen LogP contribution in [0.5, 0.6) is 11.5 Å². The van der Waals surface area contributed by atoms with Gasteiger partial charge in [0.1, 0.15) is 11.5 Å². The predicted octanol–water partition coefficient (Wildman–Crippen LogP) is 2.71. The number of nitrogens with zero attached hydrogens (tertiary/aromatic N) is 1. The number of H-pyrrole nitrogens is 1. The van der Waals surface area contributed by atoms with Gasteiger partial charge >= 0.3 is 0 Å². The minimum atomic E-state index is -0.672. The Morgan fingerprint density at radius 2 is 2.00 bits per heavy atom. The van der Waals surface area contributed by atoms with Crippen LogP contribution in [0.4, 0.5) is 17.2 Å². The lowest BCUT2D eigenvalue weighted by Crippen LogP contribution is -2.23. The molecule has 2 heterocycles. The lowest BCUT2D eigenvalue weighted by Gasteiger charge is -2.11. The molecule has 0 unspecified atom stereocenters. The Kier molecular flexibility index (Phi) is 7.43. The molecule has 0 bridgehead atoms. The van der Waals surface area contributed by atoms with Gasteiger partial charge in [0.05, 0.1) is 25.7 Å². The van der Waals surface area contributed by atoms with E-state index in [1.165, 1.54) is 26.4 Å². The Bertz CT molecular complexity index is 1210. The zero-order valence-corrected chi connectivity index (χ0v) is 19.3. The number of halogens is 1. The van der Waals surface area contributed by atoms with Gasteiger partial charge in [0.25, 0.3) is 11.5 Å². The number of rotatable bonds is 8. The van der Waals surface area contributed by atoms with Crippen molar-refractivity contribution in [1.82, 2.24) is 9.97 Å². The second kappa shape index (κ2) is 10.2. The van der Waals surface area contributed by atoms with Gasteiger partial charge in [-0.15, -0.1) is 0 Å². The molecule has 2 amide bonds. The van der Waals surface area contributed by atoms with Gasteiger partial charge in [-0.3, -0.25) is 19.4 Å². The summed E-state index contributed by atoms with van der Waals surface area (Å²) in [6.45, 7) is 0. The predicted molar refractivity (Wildman–Crippen MR) is 123 cm³/mol. The van der Waals surface area contributed by atoms with Crippen molar-refractivity contribution >= 4 is 56.7 Å².